The number of aromatic nitrogens is 2. The molecule has 0 unspecified atom stereocenters. The van der Waals surface area contributed by atoms with E-state index in [1.165, 1.54) is 6.07 Å². The predicted molar refractivity (Wildman–Crippen MR) is 110 cm³/mol. The van der Waals surface area contributed by atoms with Crippen LogP contribution in [0.25, 0.3) is 11.0 Å². The number of carbonyl (C=O) groups is 1. The molecule has 4 aromatic rings. The number of alkyl halides is 3. The Morgan fingerprint density at radius 3 is 2.47 bits per heavy atom. The minimum absolute atomic E-state index is 0.149. The molecule has 0 radical (unpaired) electrons. The Morgan fingerprint density at radius 2 is 1.70 bits per heavy atom. The van der Waals surface area contributed by atoms with Crippen molar-refractivity contribution >= 4 is 28.2 Å². The number of aromatic amines is 1. The molecule has 0 saturated heterocycles. The summed E-state index contributed by atoms with van der Waals surface area (Å²) in [6.07, 6.45) is -1.11. The number of hydrogen-bond acceptors (Lipinski definition) is 4. The third kappa shape index (κ3) is 4.12. The molecule has 5 nitrogen and oxygen atoms in total. The fraction of sp³-hybridized carbons (Fsp3) is 0.0909. The van der Waals surface area contributed by atoms with E-state index in [-0.39, 0.29) is 12.5 Å². The van der Waals surface area contributed by atoms with Gasteiger partial charge in [0.15, 0.2) is 5.78 Å². The molecule has 3 N–H and O–H groups in total. The van der Waals surface area contributed by atoms with E-state index in [1.807, 2.05) is 6.07 Å². The number of nitrogens with one attached hydrogen (secondary N) is 3. The van der Waals surface area contributed by atoms with Gasteiger partial charge in [0, 0.05) is 40.3 Å². The van der Waals surface area contributed by atoms with E-state index in [2.05, 4.69) is 20.6 Å². The Hall–Kier alpha value is -3.81. The summed E-state index contributed by atoms with van der Waals surface area (Å²) in [6.45, 7) is 0.190. The number of hydrogen-bond donors (Lipinski definition) is 3. The van der Waals surface area contributed by atoms with Gasteiger partial charge in [-0.15, -0.1) is 0 Å². The second kappa shape index (κ2) is 7.90. The fourth-order valence-corrected chi connectivity index (χ4v) is 3.12. The summed E-state index contributed by atoms with van der Waals surface area (Å²) in [5.41, 5.74) is 1.95. The quantitative estimate of drug-likeness (QED) is 0.298. The van der Waals surface area contributed by atoms with E-state index in [9.17, 15) is 18.0 Å². The van der Waals surface area contributed by atoms with Crippen molar-refractivity contribution in [1.82, 2.24) is 9.97 Å². The maximum Gasteiger partial charge on any atom is 0.416 e. The smallest absolute Gasteiger partial charge is 0.368 e. The number of nitrogens with zero attached hydrogens (tertiary/aromatic N) is 1. The highest BCUT2D eigenvalue weighted by Crippen LogP contribution is 2.30. The zero-order valence-corrected chi connectivity index (χ0v) is 15.6. The Bertz CT molecular complexity index is 1200. The van der Waals surface area contributed by atoms with E-state index >= 15 is 0 Å². The molecule has 0 bridgehead atoms. The molecule has 0 aliphatic carbocycles. The standard InChI is InChI=1S/C22H17F3N4O/c23-22(24,25)15-5-2-7-17(11-15)29-13-28-16-6-1-4-14(10-16)20(30)19-12-27-21-18(19)8-3-9-26-21/h1-12,28-29H,13H2,(H,26,27). The van der Waals surface area contributed by atoms with Crippen LogP contribution in [-0.2, 0) is 6.18 Å². The number of fused-ring (bicyclic) bond motifs is 1. The number of H-pyrrole nitrogens is 1. The predicted octanol–water partition coefficient (Wildman–Crippen LogP) is 5.29. The van der Waals surface area contributed by atoms with Gasteiger partial charge in [0.1, 0.15) is 5.65 Å². The minimum Gasteiger partial charge on any atom is -0.368 e. The third-order valence-electron chi connectivity index (χ3n) is 4.60. The van der Waals surface area contributed by atoms with E-state index in [1.54, 1.807) is 48.8 Å². The van der Waals surface area contributed by atoms with E-state index in [0.29, 0.717) is 28.1 Å². The van der Waals surface area contributed by atoms with E-state index in [0.717, 1.165) is 17.5 Å². The molecule has 2 aromatic carbocycles. The van der Waals surface area contributed by atoms with Gasteiger partial charge >= 0.3 is 6.18 Å². The summed E-state index contributed by atoms with van der Waals surface area (Å²) in [6, 6.07) is 15.5. The molecule has 0 saturated carbocycles. The number of ketones is 1. The fourth-order valence-electron chi connectivity index (χ4n) is 3.12. The summed E-state index contributed by atoms with van der Waals surface area (Å²) in [7, 11) is 0. The lowest BCUT2D eigenvalue weighted by molar-refractivity contribution is -0.137. The van der Waals surface area contributed by atoms with Crippen molar-refractivity contribution in [2.24, 2.45) is 0 Å². The highest BCUT2D eigenvalue weighted by molar-refractivity contribution is 6.16. The van der Waals surface area contributed by atoms with Crippen molar-refractivity contribution in [3.63, 3.8) is 0 Å². The second-order valence-electron chi connectivity index (χ2n) is 6.62. The van der Waals surface area contributed by atoms with Crippen LogP contribution in [-0.4, -0.2) is 22.4 Å². The maximum absolute atomic E-state index is 12.9. The highest BCUT2D eigenvalue weighted by Gasteiger charge is 2.30. The molecule has 4 rings (SSSR count). The van der Waals surface area contributed by atoms with Crippen LogP contribution in [0.3, 0.4) is 0 Å². The SMILES string of the molecule is O=C(c1cccc(NCNc2cccc(C(F)(F)F)c2)c1)c1c[nH]c2ncccc12. The topological polar surface area (TPSA) is 69.8 Å². The summed E-state index contributed by atoms with van der Waals surface area (Å²) in [5.74, 6) is -0.149. The van der Waals surface area contributed by atoms with Crippen LogP contribution in [0, 0.1) is 0 Å². The van der Waals surface area contributed by atoms with E-state index < -0.39 is 11.7 Å². The van der Waals surface area contributed by atoms with Crippen LogP contribution >= 0.6 is 0 Å². The molecular formula is C22H17F3N4O. The lowest BCUT2D eigenvalue weighted by Gasteiger charge is -2.12. The van der Waals surface area contributed by atoms with Gasteiger partial charge < -0.3 is 15.6 Å². The van der Waals surface area contributed by atoms with Gasteiger partial charge in [-0.1, -0.05) is 18.2 Å². The summed E-state index contributed by atoms with van der Waals surface area (Å²) < 4.78 is 38.4. The van der Waals surface area contributed by atoms with Gasteiger partial charge in [0.2, 0.25) is 0 Å². The molecule has 8 heteroatoms. The molecule has 0 fully saturated rings. The van der Waals surface area contributed by atoms with E-state index in [4.69, 9.17) is 0 Å². The highest BCUT2D eigenvalue weighted by atomic mass is 19.4. The molecule has 152 valence electrons. The van der Waals surface area contributed by atoms with Crippen molar-refractivity contribution in [1.29, 1.82) is 0 Å². The van der Waals surface area contributed by atoms with Crippen LogP contribution < -0.4 is 10.6 Å². The average Bonchev–Trinajstić information content (AvgIpc) is 3.17. The lowest BCUT2D eigenvalue weighted by Crippen LogP contribution is -2.13. The zero-order chi connectivity index (χ0) is 21.1. The number of halogens is 3. The monoisotopic (exact) mass is 410 g/mol. The van der Waals surface area contributed by atoms with Crippen molar-refractivity contribution in [2.75, 3.05) is 17.3 Å². The van der Waals surface area contributed by atoms with Crippen LogP contribution in [0.2, 0.25) is 0 Å². The van der Waals surface area contributed by atoms with Crippen molar-refractivity contribution in [3.8, 4) is 0 Å². The molecule has 0 aliphatic heterocycles. The minimum atomic E-state index is -4.39. The van der Waals surface area contributed by atoms with Crippen molar-refractivity contribution < 1.29 is 18.0 Å². The zero-order valence-electron chi connectivity index (χ0n) is 15.6. The maximum atomic E-state index is 12.9. The largest absolute Gasteiger partial charge is 0.416 e. The number of pyridine rings is 1. The summed E-state index contributed by atoms with van der Waals surface area (Å²) in [5, 5.41) is 6.70. The normalized spacial score (nSPS) is 11.4. The van der Waals surface area contributed by atoms with Crippen LogP contribution in [0.15, 0.2) is 73.1 Å². The lowest BCUT2D eigenvalue weighted by atomic mass is 10.0. The van der Waals surface area contributed by atoms with Crippen LogP contribution in [0.4, 0.5) is 24.5 Å². The van der Waals surface area contributed by atoms with Crippen LogP contribution in [0.1, 0.15) is 21.5 Å². The summed E-state index contributed by atoms with van der Waals surface area (Å²) in [4.78, 5) is 20.1. The van der Waals surface area contributed by atoms with Gasteiger partial charge in [-0.2, -0.15) is 13.2 Å². The van der Waals surface area contributed by atoms with Gasteiger partial charge in [-0.3, -0.25) is 4.79 Å². The van der Waals surface area contributed by atoms with Crippen LogP contribution in [0.5, 0.6) is 0 Å². The molecule has 0 spiro atoms. The first-order valence-electron chi connectivity index (χ1n) is 9.14. The first-order valence-corrected chi connectivity index (χ1v) is 9.14. The van der Waals surface area contributed by atoms with Gasteiger partial charge in [0.25, 0.3) is 0 Å². The number of anilines is 2. The number of carbonyl (C=O) groups excluding carboxylic acids is 1. The Balaban J connectivity index is 1.45. The molecule has 30 heavy (non-hydrogen) atoms. The second-order valence-corrected chi connectivity index (χ2v) is 6.62. The van der Waals surface area contributed by atoms with Crippen molar-refractivity contribution in [3.05, 3.63) is 89.7 Å². The Morgan fingerprint density at radius 1 is 0.967 bits per heavy atom. The molecular weight excluding hydrogens is 393 g/mol. The van der Waals surface area contributed by atoms with Gasteiger partial charge in [-0.25, -0.2) is 4.98 Å². The number of benzene rings is 2. The average molecular weight is 410 g/mol. The summed E-state index contributed by atoms with van der Waals surface area (Å²) >= 11 is 0. The van der Waals surface area contributed by atoms with Gasteiger partial charge in [-0.05, 0) is 42.5 Å². The Kier molecular flexibility index (Phi) is 5.14. The molecule has 0 atom stereocenters. The Labute approximate surface area is 170 Å². The van der Waals surface area contributed by atoms with Crippen molar-refractivity contribution in [2.45, 2.75) is 6.18 Å². The first-order chi connectivity index (χ1) is 14.4. The third-order valence-corrected chi connectivity index (χ3v) is 4.60. The molecule has 2 aromatic heterocycles. The molecule has 2 heterocycles. The first kappa shape index (κ1) is 19.5. The molecule has 0 amide bonds. The van der Waals surface area contributed by atoms with Gasteiger partial charge in [0.05, 0.1) is 12.2 Å². The molecule has 0 aliphatic rings. The number of rotatable bonds is 6.